The monoisotopic (exact) mass is 237 g/mol. The fourth-order valence-electron chi connectivity index (χ4n) is 1.95. The predicted octanol–water partition coefficient (Wildman–Crippen LogP) is -0.123. The molecule has 0 aliphatic carbocycles. The van der Waals surface area contributed by atoms with E-state index in [1.807, 2.05) is 6.08 Å². The zero-order chi connectivity index (χ0) is 12.4. The average molecular weight is 237 g/mol. The number of aromatic amines is 1. The summed E-state index contributed by atoms with van der Waals surface area (Å²) in [5.41, 5.74) is 1.36. The molecule has 0 unspecified atom stereocenters. The summed E-state index contributed by atoms with van der Waals surface area (Å²) in [4.78, 5) is 23.6. The fourth-order valence-corrected chi connectivity index (χ4v) is 1.95. The van der Waals surface area contributed by atoms with Crippen LogP contribution in [-0.4, -0.2) is 35.9 Å². The van der Waals surface area contributed by atoms with Crippen molar-refractivity contribution in [3.05, 3.63) is 27.7 Å². The summed E-state index contributed by atoms with van der Waals surface area (Å²) in [7, 11) is 2.88. The zero-order valence-corrected chi connectivity index (χ0v) is 9.87. The van der Waals surface area contributed by atoms with Crippen molar-refractivity contribution in [3.8, 4) is 0 Å². The third-order valence-electron chi connectivity index (χ3n) is 2.82. The lowest BCUT2D eigenvalue weighted by atomic mass is 10.0. The van der Waals surface area contributed by atoms with Crippen LogP contribution in [0.5, 0.6) is 0 Å². The van der Waals surface area contributed by atoms with Crippen molar-refractivity contribution in [2.75, 3.05) is 20.2 Å². The second kappa shape index (κ2) is 4.58. The molecule has 0 bridgehead atoms. The number of H-pyrrole nitrogens is 1. The maximum Gasteiger partial charge on any atom is 0.356 e. The van der Waals surface area contributed by atoms with Crippen LogP contribution in [0.4, 0.5) is 0 Å². The van der Waals surface area contributed by atoms with E-state index in [4.69, 9.17) is 0 Å². The van der Waals surface area contributed by atoms with Crippen LogP contribution in [0.1, 0.15) is 22.5 Å². The quantitative estimate of drug-likeness (QED) is 0.703. The number of rotatable bonds is 2. The van der Waals surface area contributed by atoms with Gasteiger partial charge in [-0.2, -0.15) is 0 Å². The summed E-state index contributed by atoms with van der Waals surface area (Å²) in [6, 6.07) is 0. The molecule has 17 heavy (non-hydrogen) atoms. The van der Waals surface area contributed by atoms with Gasteiger partial charge in [0.1, 0.15) is 0 Å². The summed E-state index contributed by atoms with van der Waals surface area (Å²) in [6.07, 6.45) is 2.66. The third kappa shape index (κ3) is 2.03. The Kier molecular flexibility index (Phi) is 3.14. The maximum atomic E-state index is 12.0. The standard InChI is InChI=1S/C11H15N3O3/c1-14-10(15)8(7-3-5-12-6-4-7)9(13-14)11(16)17-2/h3,12-13H,4-6H2,1-2H3. The topological polar surface area (TPSA) is 76.1 Å². The molecule has 6 heteroatoms. The number of carbonyl (C=O) groups is 1. The number of methoxy groups -OCH3 is 1. The zero-order valence-electron chi connectivity index (χ0n) is 9.87. The van der Waals surface area contributed by atoms with Gasteiger partial charge in [-0.25, -0.2) is 4.79 Å². The minimum atomic E-state index is -0.517. The fraction of sp³-hybridized carbons (Fsp3) is 0.455. The average Bonchev–Trinajstić information content (AvgIpc) is 2.66. The molecule has 2 rings (SSSR count). The number of ether oxygens (including phenoxy) is 1. The van der Waals surface area contributed by atoms with Crippen molar-refractivity contribution < 1.29 is 9.53 Å². The van der Waals surface area contributed by atoms with Crippen LogP contribution in [0.2, 0.25) is 0 Å². The highest BCUT2D eigenvalue weighted by atomic mass is 16.5. The smallest absolute Gasteiger partial charge is 0.356 e. The minimum Gasteiger partial charge on any atom is -0.464 e. The molecule has 0 aromatic carbocycles. The Bertz CT molecular complexity index is 525. The Morgan fingerprint density at radius 2 is 2.29 bits per heavy atom. The van der Waals surface area contributed by atoms with Gasteiger partial charge in [0, 0.05) is 13.6 Å². The van der Waals surface area contributed by atoms with E-state index in [1.54, 1.807) is 7.05 Å². The highest BCUT2D eigenvalue weighted by Gasteiger charge is 2.23. The highest BCUT2D eigenvalue weighted by molar-refractivity contribution is 5.93. The van der Waals surface area contributed by atoms with Gasteiger partial charge in [-0.05, 0) is 18.5 Å². The van der Waals surface area contributed by atoms with Crippen LogP contribution >= 0.6 is 0 Å². The van der Waals surface area contributed by atoms with Gasteiger partial charge in [-0.3, -0.25) is 14.6 Å². The first-order valence-electron chi connectivity index (χ1n) is 5.42. The van der Waals surface area contributed by atoms with E-state index in [1.165, 1.54) is 11.8 Å². The summed E-state index contributed by atoms with van der Waals surface area (Å²) in [6.45, 7) is 1.52. The molecule has 0 spiro atoms. The van der Waals surface area contributed by atoms with E-state index in [0.717, 1.165) is 18.5 Å². The van der Waals surface area contributed by atoms with Crippen LogP contribution in [0.15, 0.2) is 10.9 Å². The van der Waals surface area contributed by atoms with Gasteiger partial charge in [0.15, 0.2) is 5.69 Å². The maximum absolute atomic E-state index is 12.0. The van der Waals surface area contributed by atoms with Crippen LogP contribution in [0.25, 0.3) is 5.57 Å². The Balaban J connectivity index is 2.54. The lowest BCUT2D eigenvalue weighted by Gasteiger charge is -2.12. The number of aryl methyl sites for hydroxylation is 1. The van der Waals surface area contributed by atoms with E-state index < -0.39 is 5.97 Å². The molecule has 1 aromatic rings. The number of aromatic nitrogens is 2. The van der Waals surface area contributed by atoms with Crippen LogP contribution in [-0.2, 0) is 11.8 Å². The Morgan fingerprint density at radius 3 is 2.88 bits per heavy atom. The lowest BCUT2D eigenvalue weighted by Crippen LogP contribution is -2.23. The molecule has 1 aliphatic rings. The molecular formula is C11H15N3O3. The summed E-state index contributed by atoms with van der Waals surface area (Å²) < 4.78 is 5.97. The van der Waals surface area contributed by atoms with E-state index in [2.05, 4.69) is 15.2 Å². The molecule has 0 atom stereocenters. The molecule has 6 nitrogen and oxygen atoms in total. The molecular weight excluding hydrogens is 222 g/mol. The first-order chi connectivity index (χ1) is 8.15. The number of hydrogen-bond donors (Lipinski definition) is 2. The molecule has 2 N–H and O–H groups in total. The third-order valence-corrected chi connectivity index (χ3v) is 2.82. The number of carbonyl (C=O) groups excluding carboxylic acids is 1. The lowest BCUT2D eigenvalue weighted by molar-refractivity contribution is 0.0593. The largest absolute Gasteiger partial charge is 0.464 e. The Morgan fingerprint density at radius 1 is 1.53 bits per heavy atom. The predicted molar refractivity (Wildman–Crippen MR) is 62.8 cm³/mol. The SMILES string of the molecule is COC(=O)c1[nH]n(C)c(=O)c1C1=CCNCC1. The summed E-state index contributed by atoms with van der Waals surface area (Å²) in [5, 5.41) is 5.89. The molecule has 1 aliphatic heterocycles. The van der Waals surface area contributed by atoms with Crippen molar-refractivity contribution in [2.24, 2.45) is 7.05 Å². The summed E-state index contributed by atoms with van der Waals surface area (Å²) >= 11 is 0. The summed E-state index contributed by atoms with van der Waals surface area (Å²) in [5.74, 6) is -0.517. The molecule has 0 amide bonds. The van der Waals surface area contributed by atoms with Gasteiger partial charge in [0.05, 0.1) is 12.7 Å². The normalized spacial score (nSPS) is 15.5. The molecule has 0 saturated heterocycles. The molecule has 0 fully saturated rings. The first kappa shape index (κ1) is 11.7. The Labute approximate surface area is 98.2 Å². The number of nitrogens with one attached hydrogen (secondary N) is 2. The molecule has 0 radical (unpaired) electrons. The van der Waals surface area contributed by atoms with E-state index in [0.29, 0.717) is 12.1 Å². The second-order valence-electron chi connectivity index (χ2n) is 3.90. The number of hydrogen-bond acceptors (Lipinski definition) is 4. The Hall–Kier alpha value is -1.82. The van der Waals surface area contributed by atoms with E-state index in [-0.39, 0.29) is 11.3 Å². The molecule has 0 saturated carbocycles. The second-order valence-corrected chi connectivity index (χ2v) is 3.90. The number of esters is 1. The van der Waals surface area contributed by atoms with Gasteiger partial charge in [-0.1, -0.05) is 6.08 Å². The van der Waals surface area contributed by atoms with Gasteiger partial charge in [0.2, 0.25) is 0 Å². The van der Waals surface area contributed by atoms with Gasteiger partial charge in [0.25, 0.3) is 5.56 Å². The van der Waals surface area contributed by atoms with Crippen molar-refractivity contribution in [2.45, 2.75) is 6.42 Å². The minimum absolute atomic E-state index is 0.196. The van der Waals surface area contributed by atoms with E-state index in [9.17, 15) is 9.59 Å². The van der Waals surface area contributed by atoms with Gasteiger partial charge in [-0.15, -0.1) is 0 Å². The van der Waals surface area contributed by atoms with Crippen LogP contribution < -0.4 is 10.9 Å². The van der Waals surface area contributed by atoms with Gasteiger partial charge < -0.3 is 10.1 Å². The van der Waals surface area contributed by atoms with Gasteiger partial charge >= 0.3 is 5.97 Å². The highest BCUT2D eigenvalue weighted by Crippen LogP contribution is 2.19. The van der Waals surface area contributed by atoms with Crippen molar-refractivity contribution in [1.29, 1.82) is 0 Å². The first-order valence-corrected chi connectivity index (χ1v) is 5.42. The van der Waals surface area contributed by atoms with Crippen molar-refractivity contribution in [1.82, 2.24) is 15.1 Å². The van der Waals surface area contributed by atoms with Crippen LogP contribution in [0.3, 0.4) is 0 Å². The molecule has 1 aromatic heterocycles. The van der Waals surface area contributed by atoms with Crippen LogP contribution in [0, 0.1) is 0 Å². The van der Waals surface area contributed by atoms with E-state index >= 15 is 0 Å². The molecule has 92 valence electrons. The number of nitrogens with zero attached hydrogens (tertiary/aromatic N) is 1. The van der Waals surface area contributed by atoms with Crippen molar-refractivity contribution in [3.63, 3.8) is 0 Å². The molecule has 2 heterocycles. The van der Waals surface area contributed by atoms with Crippen molar-refractivity contribution >= 4 is 11.5 Å².